The minimum Gasteiger partial charge on any atom is -0.481 e. The Morgan fingerprint density at radius 3 is 1.29 bits per heavy atom. The molecule has 0 aliphatic rings. The van der Waals surface area contributed by atoms with Crippen molar-refractivity contribution >= 4 is 71.1 Å². The van der Waals surface area contributed by atoms with Crippen LogP contribution in [0.15, 0.2) is 65.7 Å². The molecule has 0 spiro atoms. The number of guanidine groups is 1. The van der Waals surface area contributed by atoms with Gasteiger partial charge in [-0.25, -0.2) is 4.79 Å². The summed E-state index contributed by atoms with van der Waals surface area (Å²) in [5, 5.41) is 81.4. The largest absolute Gasteiger partial charge is 0.481 e. The maximum Gasteiger partial charge on any atom is 0.326 e. The lowest BCUT2D eigenvalue weighted by Crippen LogP contribution is -2.62. The molecule has 0 aliphatic carbocycles. The van der Waals surface area contributed by atoms with E-state index >= 15 is 0 Å². The van der Waals surface area contributed by atoms with E-state index in [1.807, 2.05) is 0 Å². The van der Waals surface area contributed by atoms with E-state index in [2.05, 4.69) is 52.8 Å². The van der Waals surface area contributed by atoms with Crippen molar-refractivity contribution in [2.75, 3.05) is 26.3 Å². The first-order chi connectivity index (χ1) is 40.6. The number of benzene rings is 2. The van der Waals surface area contributed by atoms with Crippen molar-refractivity contribution in [2.24, 2.45) is 33.8 Å². The minimum absolute atomic E-state index is 0.0176. The van der Waals surface area contributed by atoms with Crippen LogP contribution in [0.25, 0.3) is 0 Å². The second-order valence-electron chi connectivity index (χ2n) is 20.9. The number of nitrogens with two attached hydrogens (primary N) is 4. The first-order valence-corrected chi connectivity index (χ1v) is 28.0. The summed E-state index contributed by atoms with van der Waals surface area (Å²) in [6, 6.07) is 0.577. The van der Waals surface area contributed by atoms with Crippen LogP contribution < -0.4 is 70.8 Å². The molecule has 31 nitrogen and oxygen atoms in total. The van der Waals surface area contributed by atoms with E-state index in [0.717, 1.165) is 6.92 Å². The molecule has 0 unspecified atom stereocenters. The summed E-state index contributed by atoms with van der Waals surface area (Å²) in [6.07, 6.45) is -4.18. The summed E-state index contributed by atoms with van der Waals surface area (Å²) in [6.45, 7) is 3.93. The number of carboxylic acids is 2. The molecule has 2 aromatic rings. The Morgan fingerprint density at radius 1 is 0.477 bits per heavy atom. The van der Waals surface area contributed by atoms with Crippen molar-refractivity contribution in [3.63, 3.8) is 0 Å². The van der Waals surface area contributed by atoms with Crippen LogP contribution >= 0.6 is 0 Å². The third kappa shape index (κ3) is 27.1. The van der Waals surface area contributed by atoms with E-state index in [1.54, 1.807) is 74.5 Å². The average Bonchev–Trinajstić information content (AvgIpc) is 3.65. The van der Waals surface area contributed by atoms with Crippen molar-refractivity contribution in [1.82, 2.24) is 47.9 Å². The molecule has 86 heavy (non-hydrogen) atoms. The lowest BCUT2D eigenvalue weighted by Gasteiger charge is -2.28. The van der Waals surface area contributed by atoms with Crippen molar-refractivity contribution in [3.05, 3.63) is 71.8 Å². The van der Waals surface area contributed by atoms with Gasteiger partial charge in [-0.3, -0.25) is 52.9 Å². The van der Waals surface area contributed by atoms with Crippen molar-refractivity contribution in [3.8, 4) is 0 Å². The van der Waals surface area contributed by atoms with E-state index in [4.69, 9.17) is 28.0 Å². The topological polar surface area (TPSA) is 534 Å². The first-order valence-electron chi connectivity index (χ1n) is 28.0. The molecule has 0 saturated heterocycles. The molecule has 0 heterocycles. The Morgan fingerprint density at radius 2 is 0.872 bits per heavy atom. The normalized spacial score (nSPS) is 15.3. The second-order valence-corrected chi connectivity index (χ2v) is 20.9. The molecule has 0 fully saturated rings. The number of aliphatic imine (C=N–C) groups is 1. The monoisotopic (exact) mass is 1210 g/mol. The zero-order valence-electron chi connectivity index (χ0n) is 48.6. The fourth-order valence-electron chi connectivity index (χ4n) is 8.31. The highest BCUT2D eigenvalue weighted by Gasteiger charge is 2.37. The quantitative estimate of drug-likeness (QED) is 0.0168. The number of aliphatic hydroxyl groups excluding tert-OH is 4. The molecule has 0 bridgehead atoms. The zero-order valence-corrected chi connectivity index (χ0v) is 48.6. The summed E-state index contributed by atoms with van der Waals surface area (Å²) in [5.74, 6) is -12.7. The predicted octanol–water partition coefficient (Wildman–Crippen LogP) is -5.91. The molecule has 2 rings (SSSR count). The Balaban J connectivity index is 2.49. The number of nitrogens with zero attached hydrogens (tertiary/aromatic N) is 1. The van der Waals surface area contributed by atoms with Gasteiger partial charge in [-0.1, -0.05) is 74.5 Å². The third-order valence-corrected chi connectivity index (χ3v) is 13.1. The zero-order chi connectivity index (χ0) is 64.6. The standard InChI is InChI=1S/C55H86N14O17/c1-29(2)24-37(47(78)67-40(27-70)50(81)66-39(26-33-16-9-6-10-17-33)49(80)69-44(31(4)73)53(84)63-36(54(85)86)20-21-42(74)75)64-46(77)34(18-11-12-22-56)61-45(76)35(19-13-23-60-55(58)59)62-48(79)38(25-32-14-7-5-8-15-32)65-51(82)41(28-71)68-52(83)43(57)30(3)72/h5-10,14-17,29-31,34-41,43-44,70-73H,11-13,18-28,56-57H2,1-4H3,(H,61,76)(H,62,79)(H,63,84)(H,64,77)(H,65,82)(H,66,81)(H,67,78)(H,68,83)(H,69,80)(H,74,75)(H,85,86)(H4,58,59,60)/t30-,31-,34+,35+,36+,37+,38+,39+,40+,41+,43+,44+/m1/s1. The SMILES string of the molecule is CC(C)C[C@H](NC(=O)[C@H](CCCCN)NC(=O)[C@H](CCCN=C(N)N)NC(=O)[C@H](Cc1ccccc1)NC(=O)[C@H](CO)NC(=O)[C@@H](N)[C@@H](C)O)C(=O)N[C@@H](CO)C(=O)N[C@@H](Cc1ccccc1)C(=O)N[C@H](C(=O)N[C@@H](CCC(=O)O)C(=O)O)[C@@H](C)O. The van der Waals surface area contributed by atoms with Gasteiger partial charge >= 0.3 is 11.9 Å². The van der Waals surface area contributed by atoms with Crippen LogP contribution in [0, 0.1) is 5.92 Å². The maximum absolute atomic E-state index is 14.4. The summed E-state index contributed by atoms with van der Waals surface area (Å²) in [7, 11) is 0. The summed E-state index contributed by atoms with van der Waals surface area (Å²) in [4.78, 5) is 152. The third-order valence-electron chi connectivity index (χ3n) is 13.1. The van der Waals surface area contributed by atoms with Crippen LogP contribution in [0.1, 0.15) is 90.2 Å². The summed E-state index contributed by atoms with van der Waals surface area (Å²) < 4.78 is 0. The summed E-state index contributed by atoms with van der Waals surface area (Å²) >= 11 is 0. The van der Waals surface area contributed by atoms with Gasteiger partial charge in [0.25, 0.3) is 0 Å². The number of aliphatic hydroxyl groups is 4. The van der Waals surface area contributed by atoms with Gasteiger partial charge < -0.3 is 101 Å². The number of hydrogen-bond donors (Lipinski definition) is 19. The highest BCUT2D eigenvalue weighted by atomic mass is 16.4. The highest BCUT2D eigenvalue weighted by molar-refractivity contribution is 5.99. The van der Waals surface area contributed by atoms with E-state index in [1.165, 1.54) is 6.92 Å². The average molecular weight is 1220 g/mol. The van der Waals surface area contributed by atoms with Gasteiger partial charge in [0.1, 0.15) is 60.4 Å². The Hall–Kier alpha value is -8.36. The van der Waals surface area contributed by atoms with E-state index in [0.29, 0.717) is 17.5 Å². The molecule has 0 saturated carbocycles. The van der Waals surface area contributed by atoms with Gasteiger partial charge in [0.2, 0.25) is 53.2 Å². The molecule has 23 N–H and O–H groups in total. The number of amides is 9. The van der Waals surface area contributed by atoms with Crippen LogP contribution in [0.2, 0.25) is 0 Å². The Bertz CT molecular complexity index is 2580. The molecule has 12 atom stereocenters. The molecule has 9 amide bonds. The maximum atomic E-state index is 14.4. The van der Waals surface area contributed by atoms with Crippen molar-refractivity contribution in [2.45, 2.75) is 165 Å². The Labute approximate surface area is 497 Å². The van der Waals surface area contributed by atoms with Gasteiger partial charge in [-0.2, -0.15) is 0 Å². The van der Waals surface area contributed by atoms with Crippen LogP contribution in [0.5, 0.6) is 0 Å². The molecule has 0 aromatic heterocycles. The number of hydrogen-bond acceptors (Lipinski definition) is 18. The lowest BCUT2D eigenvalue weighted by molar-refractivity contribution is -0.144. The number of carboxylic acid groups (broad SMARTS) is 2. The van der Waals surface area contributed by atoms with E-state index < -0.39 is 164 Å². The van der Waals surface area contributed by atoms with Gasteiger partial charge in [0.05, 0.1) is 25.4 Å². The first kappa shape index (κ1) is 73.7. The molecule has 0 radical (unpaired) electrons. The van der Waals surface area contributed by atoms with Crippen LogP contribution in [0.4, 0.5) is 0 Å². The molecular weight excluding hydrogens is 1130 g/mol. The van der Waals surface area contributed by atoms with Crippen LogP contribution in [-0.4, -0.2) is 201 Å². The fourth-order valence-corrected chi connectivity index (χ4v) is 8.31. The van der Waals surface area contributed by atoms with Crippen molar-refractivity contribution in [1.29, 1.82) is 0 Å². The van der Waals surface area contributed by atoms with E-state index in [-0.39, 0.29) is 69.9 Å². The highest BCUT2D eigenvalue weighted by Crippen LogP contribution is 2.13. The van der Waals surface area contributed by atoms with Gasteiger partial charge in [-0.15, -0.1) is 0 Å². The number of carbonyl (C=O) groups is 11. The Kier molecular flexibility index (Phi) is 33.1. The van der Waals surface area contributed by atoms with Gasteiger partial charge in [0.15, 0.2) is 5.96 Å². The number of carbonyl (C=O) groups excluding carboxylic acids is 9. The number of rotatable bonds is 40. The van der Waals surface area contributed by atoms with Gasteiger partial charge in [0, 0.05) is 25.8 Å². The lowest BCUT2D eigenvalue weighted by atomic mass is 10.0. The molecule has 0 aliphatic heterocycles. The molecule has 2 aromatic carbocycles. The fraction of sp³-hybridized carbons (Fsp3) is 0.564. The molecule has 478 valence electrons. The summed E-state index contributed by atoms with van der Waals surface area (Å²) in [5.41, 5.74) is 23.5. The smallest absolute Gasteiger partial charge is 0.326 e. The number of aliphatic carboxylic acids is 2. The predicted molar refractivity (Wildman–Crippen MR) is 310 cm³/mol. The van der Waals surface area contributed by atoms with Crippen molar-refractivity contribution < 1.29 is 83.4 Å². The van der Waals surface area contributed by atoms with Gasteiger partial charge in [-0.05, 0) is 82.4 Å². The molecule has 31 heteroatoms. The second kappa shape index (κ2) is 38.6. The molecular formula is C55H86N14O17. The number of nitrogens with one attached hydrogen (secondary N) is 9. The minimum atomic E-state index is -1.84. The van der Waals surface area contributed by atoms with Crippen LogP contribution in [0.3, 0.4) is 0 Å². The van der Waals surface area contributed by atoms with E-state index in [9.17, 15) is 78.3 Å². The number of unbranched alkanes of at least 4 members (excludes halogenated alkanes) is 1. The van der Waals surface area contributed by atoms with Crippen LogP contribution in [-0.2, 0) is 65.6 Å².